The maximum Gasteiger partial charge on any atom is 0.221 e. The highest BCUT2D eigenvalue weighted by Crippen LogP contribution is 2.11. The summed E-state index contributed by atoms with van der Waals surface area (Å²) in [7, 11) is 0. The van der Waals surface area contributed by atoms with Gasteiger partial charge in [0, 0.05) is 12.7 Å². The van der Waals surface area contributed by atoms with E-state index >= 15 is 0 Å². The largest absolute Gasteiger partial charge is 0.370 e. The Balaban J connectivity index is 2.45. The smallest absolute Gasteiger partial charge is 0.221 e. The molecule has 1 aromatic rings. The molecule has 3 N–H and O–H groups in total. The Kier molecular flexibility index (Phi) is 3.68. The van der Waals surface area contributed by atoms with E-state index in [0.29, 0.717) is 17.8 Å². The molecule has 0 bridgehead atoms. The van der Waals surface area contributed by atoms with E-state index in [9.17, 15) is 0 Å². The van der Waals surface area contributed by atoms with Crippen LogP contribution in [-0.2, 0) is 0 Å². The molecular formula is C10H18N4. The molecule has 0 radical (unpaired) electrons. The summed E-state index contributed by atoms with van der Waals surface area (Å²) < 4.78 is 0. The van der Waals surface area contributed by atoms with Crippen LogP contribution in [0.25, 0.3) is 0 Å². The molecule has 0 saturated heterocycles. The molecule has 1 heterocycles. The number of rotatable bonds is 4. The van der Waals surface area contributed by atoms with Gasteiger partial charge >= 0.3 is 0 Å². The Labute approximate surface area is 85.0 Å². The van der Waals surface area contributed by atoms with Crippen molar-refractivity contribution in [3.05, 3.63) is 12.3 Å². The van der Waals surface area contributed by atoms with E-state index in [1.165, 1.54) is 0 Å². The van der Waals surface area contributed by atoms with Crippen LogP contribution >= 0.6 is 0 Å². The number of nitrogens with zero attached hydrogens (tertiary/aromatic N) is 2. The lowest BCUT2D eigenvalue weighted by molar-refractivity contribution is 0.439. The monoisotopic (exact) mass is 194 g/mol. The van der Waals surface area contributed by atoms with Gasteiger partial charge in [-0.1, -0.05) is 20.8 Å². The normalized spacial score (nSPS) is 12.9. The maximum atomic E-state index is 5.46. The second kappa shape index (κ2) is 4.79. The molecule has 0 aliphatic carbocycles. The van der Waals surface area contributed by atoms with Crippen molar-refractivity contribution in [1.29, 1.82) is 0 Å². The Morgan fingerprint density at radius 2 is 2.14 bits per heavy atom. The van der Waals surface area contributed by atoms with E-state index in [4.69, 9.17) is 5.73 Å². The summed E-state index contributed by atoms with van der Waals surface area (Å²) in [6.45, 7) is 7.54. The Bertz CT molecular complexity index is 285. The van der Waals surface area contributed by atoms with Crippen molar-refractivity contribution < 1.29 is 0 Å². The topological polar surface area (TPSA) is 63.8 Å². The third-order valence-corrected chi connectivity index (χ3v) is 2.42. The molecule has 1 rings (SSSR count). The van der Waals surface area contributed by atoms with E-state index in [0.717, 1.165) is 12.4 Å². The summed E-state index contributed by atoms with van der Waals surface area (Å²) in [6.07, 6.45) is 1.66. The van der Waals surface area contributed by atoms with Gasteiger partial charge in [0.2, 0.25) is 5.95 Å². The van der Waals surface area contributed by atoms with Crippen molar-refractivity contribution in [2.24, 2.45) is 11.8 Å². The van der Waals surface area contributed by atoms with Gasteiger partial charge in [-0.05, 0) is 17.9 Å². The molecule has 4 heteroatoms. The van der Waals surface area contributed by atoms with Gasteiger partial charge in [-0.2, -0.15) is 4.98 Å². The average Bonchev–Trinajstić information content (AvgIpc) is 2.14. The minimum atomic E-state index is 0.312. The molecule has 1 atom stereocenters. The van der Waals surface area contributed by atoms with Crippen LogP contribution in [0, 0.1) is 11.8 Å². The van der Waals surface area contributed by atoms with Crippen LogP contribution in [0.4, 0.5) is 11.8 Å². The van der Waals surface area contributed by atoms with E-state index in [1.807, 2.05) is 6.07 Å². The molecule has 0 aliphatic heterocycles. The van der Waals surface area contributed by atoms with Crippen molar-refractivity contribution in [1.82, 2.24) is 9.97 Å². The van der Waals surface area contributed by atoms with Crippen molar-refractivity contribution in [2.75, 3.05) is 17.6 Å². The summed E-state index contributed by atoms with van der Waals surface area (Å²) in [5.41, 5.74) is 5.46. The third-order valence-electron chi connectivity index (χ3n) is 2.42. The van der Waals surface area contributed by atoms with Crippen LogP contribution < -0.4 is 11.1 Å². The van der Waals surface area contributed by atoms with E-state index < -0.39 is 0 Å². The molecule has 1 aromatic heterocycles. The maximum absolute atomic E-state index is 5.46. The van der Waals surface area contributed by atoms with Crippen LogP contribution in [0.5, 0.6) is 0 Å². The summed E-state index contributed by atoms with van der Waals surface area (Å²) in [6, 6.07) is 1.82. The predicted molar refractivity (Wildman–Crippen MR) is 58.9 cm³/mol. The molecule has 0 amide bonds. The predicted octanol–water partition coefficient (Wildman–Crippen LogP) is 1.76. The van der Waals surface area contributed by atoms with Crippen LogP contribution in [0.15, 0.2) is 12.3 Å². The van der Waals surface area contributed by atoms with Crippen molar-refractivity contribution >= 4 is 11.8 Å². The first-order valence-corrected chi connectivity index (χ1v) is 4.92. The van der Waals surface area contributed by atoms with Crippen LogP contribution in [-0.4, -0.2) is 16.5 Å². The first kappa shape index (κ1) is 10.8. The van der Waals surface area contributed by atoms with Crippen LogP contribution in [0.1, 0.15) is 20.8 Å². The Morgan fingerprint density at radius 1 is 1.43 bits per heavy atom. The number of aromatic nitrogens is 2. The SMILES string of the molecule is CC(C)C(C)CNc1ccnc(N)n1. The highest BCUT2D eigenvalue weighted by Gasteiger charge is 2.06. The second-order valence-electron chi connectivity index (χ2n) is 3.90. The summed E-state index contributed by atoms with van der Waals surface area (Å²) in [4.78, 5) is 7.89. The fourth-order valence-electron chi connectivity index (χ4n) is 0.973. The molecule has 0 aliphatic rings. The second-order valence-corrected chi connectivity index (χ2v) is 3.90. The highest BCUT2D eigenvalue weighted by atomic mass is 15.1. The number of nitrogen functional groups attached to an aromatic ring is 1. The molecule has 14 heavy (non-hydrogen) atoms. The molecule has 1 unspecified atom stereocenters. The molecule has 4 nitrogen and oxygen atoms in total. The minimum absolute atomic E-state index is 0.312. The van der Waals surface area contributed by atoms with Gasteiger partial charge in [0.25, 0.3) is 0 Å². The lowest BCUT2D eigenvalue weighted by Crippen LogP contribution is -2.17. The first-order valence-electron chi connectivity index (χ1n) is 4.92. The van der Waals surface area contributed by atoms with Crippen molar-refractivity contribution in [3.8, 4) is 0 Å². The van der Waals surface area contributed by atoms with Crippen molar-refractivity contribution in [2.45, 2.75) is 20.8 Å². The summed E-state index contributed by atoms with van der Waals surface area (Å²) in [5.74, 6) is 2.39. The zero-order valence-corrected chi connectivity index (χ0v) is 8.99. The van der Waals surface area contributed by atoms with E-state index in [-0.39, 0.29) is 0 Å². The lowest BCUT2D eigenvalue weighted by atomic mass is 9.98. The molecule has 0 aromatic carbocycles. The van der Waals surface area contributed by atoms with Gasteiger partial charge in [0.05, 0.1) is 0 Å². The standard InChI is InChI=1S/C10H18N4/c1-7(2)8(3)6-13-9-4-5-12-10(11)14-9/h4-5,7-8H,6H2,1-3H3,(H3,11,12,13,14). The summed E-state index contributed by atoms with van der Waals surface area (Å²) in [5, 5.41) is 3.24. The molecule has 0 spiro atoms. The third kappa shape index (κ3) is 3.20. The number of nitrogens with one attached hydrogen (secondary N) is 1. The number of nitrogens with two attached hydrogens (primary N) is 1. The van der Waals surface area contributed by atoms with Gasteiger partial charge in [-0.3, -0.25) is 0 Å². The Morgan fingerprint density at radius 3 is 2.71 bits per heavy atom. The highest BCUT2D eigenvalue weighted by molar-refractivity contribution is 5.37. The molecule has 0 saturated carbocycles. The number of hydrogen-bond donors (Lipinski definition) is 2. The van der Waals surface area contributed by atoms with Crippen LogP contribution in [0.2, 0.25) is 0 Å². The van der Waals surface area contributed by atoms with Gasteiger partial charge < -0.3 is 11.1 Å². The fourth-order valence-corrected chi connectivity index (χ4v) is 0.973. The quantitative estimate of drug-likeness (QED) is 0.766. The Hall–Kier alpha value is -1.32. The lowest BCUT2D eigenvalue weighted by Gasteiger charge is -2.16. The van der Waals surface area contributed by atoms with Gasteiger partial charge in [0.15, 0.2) is 0 Å². The molecule has 0 fully saturated rings. The zero-order chi connectivity index (χ0) is 10.6. The minimum Gasteiger partial charge on any atom is -0.370 e. The summed E-state index contributed by atoms with van der Waals surface area (Å²) >= 11 is 0. The van der Waals surface area contributed by atoms with Crippen molar-refractivity contribution in [3.63, 3.8) is 0 Å². The first-order chi connectivity index (χ1) is 6.59. The van der Waals surface area contributed by atoms with E-state index in [2.05, 4.69) is 36.1 Å². The van der Waals surface area contributed by atoms with Gasteiger partial charge in [-0.15, -0.1) is 0 Å². The number of hydrogen-bond acceptors (Lipinski definition) is 4. The zero-order valence-electron chi connectivity index (χ0n) is 8.99. The fraction of sp³-hybridized carbons (Fsp3) is 0.600. The van der Waals surface area contributed by atoms with E-state index in [1.54, 1.807) is 6.20 Å². The average molecular weight is 194 g/mol. The number of anilines is 2. The molecular weight excluding hydrogens is 176 g/mol. The van der Waals surface area contributed by atoms with Crippen LogP contribution in [0.3, 0.4) is 0 Å². The van der Waals surface area contributed by atoms with Gasteiger partial charge in [-0.25, -0.2) is 4.98 Å². The van der Waals surface area contributed by atoms with Gasteiger partial charge in [0.1, 0.15) is 5.82 Å². The molecule has 78 valence electrons.